The van der Waals surface area contributed by atoms with E-state index in [0.717, 1.165) is 20.2 Å². The molecule has 1 fully saturated rings. The summed E-state index contributed by atoms with van der Waals surface area (Å²) in [6, 6.07) is 26.6. The Morgan fingerprint density at radius 1 is 0.711 bits per heavy atom. The van der Waals surface area contributed by atoms with Gasteiger partial charge in [-0.3, -0.25) is 29.7 Å². The van der Waals surface area contributed by atoms with E-state index in [4.69, 9.17) is 0 Å². The van der Waals surface area contributed by atoms with Crippen LogP contribution in [0.25, 0.3) is 27.2 Å². The number of carbonyl (C=O) groups is 3. The maximum absolute atomic E-state index is 14.4. The Kier molecular flexibility index (Phi) is 6.55. The summed E-state index contributed by atoms with van der Waals surface area (Å²) in [5, 5.41) is 16.8. The third kappa shape index (κ3) is 4.45. The number of anilines is 1. The molecular formula is C34H23N5O6. The van der Waals surface area contributed by atoms with Crippen molar-refractivity contribution in [2.75, 3.05) is 4.90 Å². The summed E-state index contributed by atoms with van der Waals surface area (Å²) in [7, 11) is 0. The monoisotopic (exact) mass is 597 g/mol. The largest absolute Gasteiger partial charge is 0.494 e. The van der Waals surface area contributed by atoms with Gasteiger partial charge in [0.1, 0.15) is 5.92 Å². The number of nitrogens with zero attached hydrogens (tertiary/aromatic N) is 3. The van der Waals surface area contributed by atoms with E-state index in [0.29, 0.717) is 10.8 Å². The van der Waals surface area contributed by atoms with Crippen LogP contribution in [-0.4, -0.2) is 37.5 Å². The zero-order valence-corrected chi connectivity index (χ0v) is 23.4. The van der Waals surface area contributed by atoms with Gasteiger partial charge in [0.25, 0.3) is 5.56 Å². The lowest BCUT2D eigenvalue weighted by Gasteiger charge is -2.35. The first kappa shape index (κ1) is 27.5. The molecule has 220 valence electrons. The van der Waals surface area contributed by atoms with E-state index in [1.54, 1.807) is 48.5 Å². The lowest BCUT2D eigenvalue weighted by atomic mass is 9.79. The summed E-state index contributed by atoms with van der Waals surface area (Å²) in [5.74, 6) is -5.77. The molecule has 2 aromatic heterocycles. The van der Waals surface area contributed by atoms with Gasteiger partial charge in [-0.25, -0.2) is 19.1 Å². The summed E-state index contributed by atoms with van der Waals surface area (Å²) in [4.78, 5) is 75.2. The fourth-order valence-electron chi connectivity index (χ4n) is 6.06. The Bertz CT molecular complexity index is 2280. The van der Waals surface area contributed by atoms with Gasteiger partial charge >= 0.3 is 11.7 Å². The van der Waals surface area contributed by atoms with E-state index in [9.17, 15) is 29.1 Å². The van der Waals surface area contributed by atoms with Crippen molar-refractivity contribution in [2.45, 2.75) is 5.92 Å². The van der Waals surface area contributed by atoms with Gasteiger partial charge < -0.3 is 5.11 Å². The lowest BCUT2D eigenvalue weighted by molar-refractivity contribution is -0.134. The molecule has 1 aliphatic heterocycles. The molecule has 2 atom stereocenters. The van der Waals surface area contributed by atoms with Crippen LogP contribution in [0, 0.1) is 5.92 Å². The number of rotatable bonds is 5. The number of aromatic hydroxyl groups is 1. The van der Waals surface area contributed by atoms with Gasteiger partial charge in [0.15, 0.2) is 0 Å². The molecule has 4 amide bonds. The molecule has 11 nitrogen and oxygen atoms in total. The Morgan fingerprint density at radius 2 is 1.29 bits per heavy atom. The average molecular weight is 598 g/mol. The average Bonchev–Trinajstić information content (AvgIpc) is 3.04. The molecule has 0 unspecified atom stereocenters. The van der Waals surface area contributed by atoms with Crippen LogP contribution in [0.5, 0.6) is 5.88 Å². The molecule has 3 N–H and O–H groups in total. The number of amides is 4. The zero-order chi connectivity index (χ0) is 31.2. The summed E-state index contributed by atoms with van der Waals surface area (Å²) in [6.07, 6.45) is 2.82. The van der Waals surface area contributed by atoms with Gasteiger partial charge in [-0.2, -0.15) is 0 Å². The molecule has 1 saturated heterocycles. The summed E-state index contributed by atoms with van der Waals surface area (Å²) < 4.78 is 0.937. The van der Waals surface area contributed by atoms with Crippen LogP contribution < -0.4 is 21.5 Å². The summed E-state index contributed by atoms with van der Waals surface area (Å²) >= 11 is 0. The van der Waals surface area contributed by atoms with Crippen molar-refractivity contribution in [3.8, 4) is 11.6 Å². The maximum Gasteiger partial charge on any atom is 0.335 e. The first-order chi connectivity index (χ1) is 21.8. The molecule has 0 spiro atoms. The molecule has 7 rings (SSSR count). The number of hydrogen-bond donors (Lipinski definition) is 3. The van der Waals surface area contributed by atoms with E-state index in [-0.39, 0.29) is 16.9 Å². The smallest absolute Gasteiger partial charge is 0.335 e. The number of aromatic nitrogens is 3. The molecular weight excluding hydrogens is 574 g/mol. The summed E-state index contributed by atoms with van der Waals surface area (Å²) in [6.45, 7) is 0. The predicted octanol–water partition coefficient (Wildman–Crippen LogP) is 3.96. The number of carbonyl (C=O) groups excluding carboxylic acids is 3. The van der Waals surface area contributed by atoms with Crippen molar-refractivity contribution in [3.63, 3.8) is 0 Å². The number of benzene rings is 4. The number of imide groups is 2. The first-order valence-electron chi connectivity index (χ1n) is 14.0. The van der Waals surface area contributed by atoms with Crippen molar-refractivity contribution < 1.29 is 19.5 Å². The van der Waals surface area contributed by atoms with Gasteiger partial charge in [0.2, 0.25) is 17.7 Å². The Hall–Kier alpha value is -6.36. The lowest BCUT2D eigenvalue weighted by Crippen LogP contribution is -2.60. The topological polar surface area (TPSA) is 154 Å². The second-order valence-electron chi connectivity index (χ2n) is 10.5. The molecule has 0 radical (unpaired) electrons. The molecule has 45 heavy (non-hydrogen) atoms. The Morgan fingerprint density at radius 3 is 1.96 bits per heavy atom. The van der Waals surface area contributed by atoms with E-state index in [1.807, 2.05) is 36.4 Å². The fourth-order valence-corrected chi connectivity index (χ4v) is 6.06. The SMILES string of the molecule is O=C1NC(=O)N(c2cccc3ccccc23)C(=O)[C@H]1[C@H](c1ccncc1)c1c(O)n(-c2cccc3ccccc23)c(=O)[nH]c1=O. The van der Waals surface area contributed by atoms with E-state index in [1.165, 1.54) is 24.5 Å². The van der Waals surface area contributed by atoms with Crippen LogP contribution in [0.4, 0.5) is 10.5 Å². The number of urea groups is 1. The molecule has 4 aromatic carbocycles. The van der Waals surface area contributed by atoms with Crippen molar-refractivity contribution in [1.82, 2.24) is 19.9 Å². The third-order valence-corrected chi connectivity index (χ3v) is 8.05. The fraction of sp³-hybridized carbons (Fsp3) is 0.0588. The summed E-state index contributed by atoms with van der Waals surface area (Å²) in [5.41, 5.74) is -1.54. The van der Waals surface area contributed by atoms with Crippen molar-refractivity contribution in [1.29, 1.82) is 0 Å². The number of barbiturate groups is 1. The number of hydrogen-bond acceptors (Lipinski definition) is 7. The predicted molar refractivity (Wildman–Crippen MR) is 166 cm³/mol. The van der Waals surface area contributed by atoms with Gasteiger partial charge in [-0.05, 0) is 40.6 Å². The van der Waals surface area contributed by atoms with Gasteiger partial charge in [0.05, 0.1) is 16.9 Å². The van der Waals surface area contributed by atoms with E-state index < -0.39 is 52.4 Å². The Labute approximate surface area is 254 Å². The minimum absolute atomic E-state index is 0.237. The third-order valence-electron chi connectivity index (χ3n) is 8.05. The standard InChI is InChI=1S/C34H23N5O6/c40-29-27(31(42)38(33(44)36-29)24-13-5-9-19-7-1-3-11-22(19)24)26(21-15-17-35-18-16-21)28-30(41)37-34(45)39(32(28)43)25-14-6-10-20-8-2-4-12-23(20)25/h1-18,26-27,43H,(H,36,40,44)(H,37,41,45)/t26-,27-/m0/s1. The van der Waals surface area contributed by atoms with Crippen molar-refractivity contribution in [2.24, 2.45) is 5.92 Å². The molecule has 0 saturated carbocycles. The van der Waals surface area contributed by atoms with Crippen LogP contribution >= 0.6 is 0 Å². The number of fused-ring (bicyclic) bond motifs is 2. The molecule has 1 aliphatic rings. The normalized spacial score (nSPS) is 15.8. The zero-order valence-electron chi connectivity index (χ0n) is 23.4. The van der Waals surface area contributed by atoms with Crippen LogP contribution in [0.2, 0.25) is 0 Å². The first-order valence-corrected chi connectivity index (χ1v) is 14.0. The molecule has 11 heteroatoms. The van der Waals surface area contributed by atoms with Gasteiger partial charge in [-0.1, -0.05) is 72.8 Å². The highest BCUT2D eigenvalue weighted by Gasteiger charge is 2.48. The molecule has 0 bridgehead atoms. The quantitative estimate of drug-likeness (QED) is 0.254. The highest BCUT2D eigenvalue weighted by molar-refractivity contribution is 6.30. The minimum Gasteiger partial charge on any atom is -0.494 e. The van der Waals surface area contributed by atoms with Crippen LogP contribution in [0.3, 0.4) is 0 Å². The van der Waals surface area contributed by atoms with E-state index >= 15 is 0 Å². The molecule has 0 aliphatic carbocycles. The number of nitrogens with one attached hydrogen (secondary N) is 2. The van der Waals surface area contributed by atoms with Crippen LogP contribution in [-0.2, 0) is 9.59 Å². The highest BCUT2D eigenvalue weighted by Crippen LogP contribution is 2.39. The van der Waals surface area contributed by atoms with Crippen molar-refractivity contribution in [3.05, 3.63) is 141 Å². The Balaban J connectivity index is 1.46. The van der Waals surface area contributed by atoms with Gasteiger partial charge in [0, 0.05) is 29.1 Å². The maximum atomic E-state index is 14.4. The number of aromatic amines is 1. The second kappa shape index (κ2) is 10.7. The molecule has 3 heterocycles. The van der Waals surface area contributed by atoms with Crippen LogP contribution in [0.1, 0.15) is 17.0 Å². The number of pyridine rings is 1. The van der Waals surface area contributed by atoms with Gasteiger partial charge in [-0.15, -0.1) is 0 Å². The van der Waals surface area contributed by atoms with Crippen LogP contribution in [0.15, 0.2) is 119 Å². The van der Waals surface area contributed by atoms with Crippen molar-refractivity contribution >= 4 is 45.1 Å². The molecule has 6 aromatic rings. The number of H-pyrrole nitrogens is 1. The second-order valence-corrected chi connectivity index (χ2v) is 10.5. The minimum atomic E-state index is -1.70. The highest BCUT2D eigenvalue weighted by atomic mass is 16.3. The van der Waals surface area contributed by atoms with E-state index in [2.05, 4.69) is 15.3 Å².